The Morgan fingerprint density at radius 3 is 2.41 bits per heavy atom. The van der Waals surface area contributed by atoms with Crippen LogP contribution in [0.25, 0.3) is 0 Å². The minimum atomic E-state index is -1.15. The predicted octanol–water partition coefficient (Wildman–Crippen LogP) is 4.75. The van der Waals surface area contributed by atoms with Crippen molar-refractivity contribution >= 4 is 56.8 Å². The van der Waals surface area contributed by atoms with Crippen LogP contribution in [-0.4, -0.2) is 17.6 Å². The highest BCUT2D eigenvalue weighted by Crippen LogP contribution is 2.27. The van der Waals surface area contributed by atoms with Crippen LogP contribution in [0, 0.1) is 0 Å². The number of aliphatic imine (C=N–C) groups is 1. The summed E-state index contributed by atoms with van der Waals surface area (Å²) in [7, 11) is 0. The second-order valence-corrected chi connectivity index (χ2v) is 7.64. The van der Waals surface area contributed by atoms with Crippen LogP contribution in [-0.2, 0) is 4.79 Å². The fraction of sp³-hybridized carbons (Fsp3) is 0.0500. The summed E-state index contributed by atoms with van der Waals surface area (Å²) >= 11 is 15.2. The van der Waals surface area contributed by atoms with Gasteiger partial charge in [-0.25, -0.2) is 0 Å². The van der Waals surface area contributed by atoms with Crippen molar-refractivity contribution in [1.29, 1.82) is 0 Å². The SMILES string of the molecule is NC(=NC(=O)C(NC(=O)c1cc(Br)co1)c1ccc(Cl)c(Cl)c1)c1ccccc1. The van der Waals surface area contributed by atoms with Gasteiger partial charge in [0.15, 0.2) is 5.76 Å². The first-order chi connectivity index (χ1) is 13.8. The molecule has 3 rings (SSSR count). The third-order valence-electron chi connectivity index (χ3n) is 3.89. The van der Waals surface area contributed by atoms with Gasteiger partial charge >= 0.3 is 0 Å². The number of carbonyl (C=O) groups excluding carboxylic acids is 2. The zero-order valence-electron chi connectivity index (χ0n) is 14.7. The molecular formula is C20H14BrCl2N3O3. The van der Waals surface area contributed by atoms with Gasteiger partial charge in [0.2, 0.25) is 0 Å². The molecular weight excluding hydrogens is 481 g/mol. The number of nitrogens with zero attached hydrogens (tertiary/aromatic N) is 1. The summed E-state index contributed by atoms with van der Waals surface area (Å²) in [5.41, 5.74) is 6.93. The van der Waals surface area contributed by atoms with E-state index in [1.165, 1.54) is 24.5 Å². The molecule has 1 aromatic heterocycles. The summed E-state index contributed by atoms with van der Waals surface area (Å²) in [6, 6.07) is 13.7. The van der Waals surface area contributed by atoms with E-state index in [1.54, 1.807) is 30.3 Å². The first kappa shape index (κ1) is 21.1. The molecule has 1 unspecified atom stereocenters. The highest BCUT2D eigenvalue weighted by atomic mass is 79.9. The largest absolute Gasteiger partial charge is 0.458 e. The summed E-state index contributed by atoms with van der Waals surface area (Å²) in [6.07, 6.45) is 1.36. The third-order valence-corrected chi connectivity index (χ3v) is 5.05. The second-order valence-electron chi connectivity index (χ2n) is 5.91. The van der Waals surface area contributed by atoms with Crippen LogP contribution in [0.1, 0.15) is 27.7 Å². The number of halogens is 3. The lowest BCUT2D eigenvalue weighted by Crippen LogP contribution is -2.34. The van der Waals surface area contributed by atoms with E-state index in [2.05, 4.69) is 26.2 Å². The Morgan fingerprint density at radius 1 is 1.07 bits per heavy atom. The van der Waals surface area contributed by atoms with E-state index in [-0.39, 0.29) is 16.6 Å². The maximum absolute atomic E-state index is 12.9. The molecule has 2 aromatic carbocycles. The summed E-state index contributed by atoms with van der Waals surface area (Å²) in [6.45, 7) is 0. The van der Waals surface area contributed by atoms with Crippen LogP contribution in [0.4, 0.5) is 0 Å². The van der Waals surface area contributed by atoms with Crippen LogP contribution >= 0.6 is 39.1 Å². The number of nitrogens with two attached hydrogens (primary N) is 1. The smallest absolute Gasteiger partial charge is 0.287 e. The van der Waals surface area contributed by atoms with Crippen molar-refractivity contribution in [3.8, 4) is 0 Å². The number of hydrogen-bond acceptors (Lipinski definition) is 3. The summed E-state index contributed by atoms with van der Waals surface area (Å²) in [4.78, 5) is 29.4. The number of nitrogens with one attached hydrogen (secondary N) is 1. The Bertz CT molecular complexity index is 1080. The molecule has 29 heavy (non-hydrogen) atoms. The topological polar surface area (TPSA) is 97.7 Å². The summed E-state index contributed by atoms with van der Waals surface area (Å²) < 4.78 is 5.75. The monoisotopic (exact) mass is 493 g/mol. The van der Waals surface area contributed by atoms with Gasteiger partial charge in [0.25, 0.3) is 11.8 Å². The minimum Gasteiger partial charge on any atom is -0.458 e. The van der Waals surface area contributed by atoms with E-state index in [9.17, 15) is 9.59 Å². The number of amides is 2. The highest BCUT2D eigenvalue weighted by Gasteiger charge is 2.25. The Balaban J connectivity index is 1.94. The molecule has 0 bridgehead atoms. The molecule has 3 N–H and O–H groups in total. The molecule has 1 heterocycles. The zero-order chi connectivity index (χ0) is 21.0. The van der Waals surface area contributed by atoms with Crippen LogP contribution in [0.3, 0.4) is 0 Å². The molecule has 0 aliphatic carbocycles. The zero-order valence-corrected chi connectivity index (χ0v) is 17.8. The van der Waals surface area contributed by atoms with E-state index < -0.39 is 17.9 Å². The lowest BCUT2D eigenvalue weighted by Gasteiger charge is -2.16. The summed E-state index contributed by atoms with van der Waals surface area (Å²) in [5.74, 6) is -1.23. The van der Waals surface area contributed by atoms with Gasteiger partial charge in [-0.3, -0.25) is 9.59 Å². The van der Waals surface area contributed by atoms with Crippen molar-refractivity contribution in [2.24, 2.45) is 10.7 Å². The van der Waals surface area contributed by atoms with E-state index in [1.807, 2.05) is 6.07 Å². The Kier molecular flexibility index (Phi) is 6.74. The van der Waals surface area contributed by atoms with Crippen molar-refractivity contribution in [1.82, 2.24) is 5.32 Å². The molecule has 0 aliphatic heterocycles. The lowest BCUT2D eigenvalue weighted by atomic mass is 10.1. The fourth-order valence-electron chi connectivity index (χ4n) is 2.47. The molecule has 0 radical (unpaired) electrons. The van der Waals surface area contributed by atoms with Gasteiger partial charge in [-0.15, -0.1) is 0 Å². The minimum absolute atomic E-state index is 0.0229. The van der Waals surface area contributed by atoms with Gasteiger partial charge in [-0.2, -0.15) is 4.99 Å². The van der Waals surface area contributed by atoms with Crippen molar-refractivity contribution in [2.45, 2.75) is 6.04 Å². The molecule has 0 spiro atoms. The van der Waals surface area contributed by atoms with E-state index in [0.717, 1.165) is 0 Å². The third kappa shape index (κ3) is 5.26. The van der Waals surface area contributed by atoms with Gasteiger partial charge in [0, 0.05) is 11.6 Å². The molecule has 6 nitrogen and oxygen atoms in total. The van der Waals surface area contributed by atoms with Crippen molar-refractivity contribution in [3.05, 3.63) is 92.3 Å². The quantitative estimate of drug-likeness (QED) is 0.395. The van der Waals surface area contributed by atoms with E-state index in [4.69, 9.17) is 33.4 Å². The maximum atomic E-state index is 12.9. The van der Waals surface area contributed by atoms with Crippen LogP contribution in [0.2, 0.25) is 10.0 Å². The highest BCUT2D eigenvalue weighted by molar-refractivity contribution is 9.10. The van der Waals surface area contributed by atoms with Crippen molar-refractivity contribution < 1.29 is 14.0 Å². The first-order valence-electron chi connectivity index (χ1n) is 8.28. The van der Waals surface area contributed by atoms with Gasteiger partial charge < -0.3 is 15.5 Å². The molecule has 0 aliphatic rings. The molecule has 3 aromatic rings. The van der Waals surface area contributed by atoms with Crippen LogP contribution < -0.4 is 11.1 Å². The number of hydrogen-bond donors (Lipinski definition) is 2. The molecule has 0 saturated carbocycles. The predicted molar refractivity (Wildman–Crippen MR) is 115 cm³/mol. The van der Waals surface area contributed by atoms with Crippen molar-refractivity contribution in [3.63, 3.8) is 0 Å². The number of furan rings is 1. The summed E-state index contributed by atoms with van der Waals surface area (Å²) in [5, 5.41) is 3.15. The maximum Gasteiger partial charge on any atom is 0.287 e. The average Bonchev–Trinajstić information content (AvgIpc) is 3.15. The molecule has 2 amide bonds. The van der Waals surface area contributed by atoms with Gasteiger partial charge in [0.1, 0.15) is 18.1 Å². The Hall–Kier alpha value is -2.61. The molecule has 9 heteroatoms. The normalized spacial score (nSPS) is 12.4. The second kappa shape index (κ2) is 9.26. The Labute approximate surface area is 184 Å². The Morgan fingerprint density at radius 2 is 1.79 bits per heavy atom. The van der Waals surface area contributed by atoms with Crippen LogP contribution in [0.5, 0.6) is 0 Å². The number of amidine groups is 1. The molecule has 148 valence electrons. The fourth-order valence-corrected chi connectivity index (χ4v) is 3.08. The van der Waals surface area contributed by atoms with Gasteiger partial charge in [0.05, 0.1) is 14.5 Å². The number of carbonyl (C=O) groups is 2. The van der Waals surface area contributed by atoms with E-state index >= 15 is 0 Å². The first-order valence-corrected chi connectivity index (χ1v) is 9.83. The average molecular weight is 495 g/mol. The number of benzene rings is 2. The molecule has 0 fully saturated rings. The molecule has 0 saturated heterocycles. The van der Waals surface area contributed by atoms with Gasteiger partial charge in [-0.05, 0) is 33.6 Å². The van der Waals surface area contributed by atoms with E-state index in [0.29, 0.717) is 20.6 Å². The molecule has 1 atom stereocenters. The number of rotatable bonds is 5. The van der Waals surface area contributed by atoms with Crippen molar-refractivity contribution in [2.75, 3.05) is 0 Å². The van der Waals surface area contributed by atoms with Crippen LogP contribution in [0.15, 0.2) is 74.7 Å². The standard InChI is InChI=1S/C20H14BrCl2N3O3/c21-13-9-16(29-10-13)19(27)25-17(12-6-7-14(22)15(23)8-12)20(28)26-18(24)11-4-2-1-3-5-11/h1-10,17H,(H,25,27)(H2,24,26,28). The lowest BCUT2D eigenvalue weighted by molar-refractivity contribution is -0.119. The van der Waals surface area contributed by atoms with Gasteiger partial charge in [-0.1, -0.05) is 59.6 Å².